The number of hydrogen-bond acceptors (Lipinski definition) is 28. The van der Waals surface area contributed by atoms with Crippen molar-refractivity contribution in [3.63, 3.8) is 0 Å². The summed E-state index contributed by atoms with van der Waals surface area (Å²) >= 11 is 8.03. The van der Waals surface area contributed by atoms with Gasteiger partial charge >= 0.3 is 10.6 Å². The molecule has 5 aromatic carbocycles. The van der Waals surface area contributed by atoms with E-state index >= 15 is 0 Å². The van der Waals surface area contributed by atoms with Crippen LogP contribution in [0.15, 0.2) is 134 Å². The highest BCUT2D eigenvalue weighted by atomic mass is 35.5. The number of benzene rings is 5. The number of imidazole rings is 1. The van der Waals surface area contributed by atoms with E-state index in [2.05, 4.69) is 67.3 Å². The number of rotatable bonds is 26. The molecule has 0 aliphatic rings. The number of thioether (sulfide) groups is 2. The van der Waals surface area contributed by atoms with Crippen LogP contribution in [-0.2, 0) is 65.4 Å². The summed E-state index contributed by atoms with van der Waals surface area (Å²) in [7, 11) is -17.9. The van der Waals surface area contributed by atoms with E-state index in [1.165, 1.54) is 60.7 Å². The van der Waals surface area contributed by atoms with Crippen LogP contribution >= 0.6 is 35.1 Å². The molecule has 2 aromatic heterocycles. The van der Waals surface area contributed by atoms with E-state index in [9.17, 15) is 71.8 Å². The molecule has 41 heteroatoms. The van der Waals surface area contributed by atoms with Crippen LogP contribution in [0.3, 0.4) is 0 Å². The van der Waals surface area contributed by atoms with Crippen LogP contribution in [0.5, 0.6) is 11.6 Å². The van der Waals surface area contributed by atoms with E-state index in [-0.39, 0.29) is 145 Å². The molecule has 95 heavy (non-hydrogen) atoms. The minimum Gasteiger partial charge on any atom is -0.493 e. The average molecular weight is 1470 g/mol. The fourth-order valence-corrected chi connectivity index (χ4v) is 12.6. The van der Waals surface area contributed by atoms with E-state index < -0.39 is 85.0 Å². The second-order valence-electron chi connectivity index (χ2n) is 19.2. The molecule has 0 unspecified atom stereocenters. The Balaban J connectivity index is 0.00000229. The molecule has 0 aliphatic heterocycles. The number of anilines is 2. The van der Waals surface area contributed by atoms with Crippen molar-refractivity contribution in [2.75, 3.05) is 60.2 Å². The summed E-state index contributed by atoms with van der Waals surface area (Å²) in [5, 5.41) is 61.7. The highest BCUT2D eigenvalue weighted by Gasteiger charge is 2.23. The lowest BCUT2D eigenvalue weighted by Gasteiger charge is -2.13. The maximum atomic E-state index is 12.8. The summed E-state index contributed by atoms with van der Waals surface area (Å²) in [6.07, 6.45) is -0.322. The predicted molar refractivity (Wildman–Crippen MR) is 354 cm³/mol. The van der Waals surface area contributed by atoms with Crippen LogP contribution in [0.4, 0.5) is 56.9 Å². The van der Waals surface area contributed by atoms with Crippen molar-refractivity contribution in [2.24, 2.45) is 40.9 Å². The number of carbonyl (C=O) groups excluding carboxylic acids is 2. The third-order valence-corrected chi connectivity index (χ3v) is 17.6. The average Bonchev–Trinajstić information content (AvgIpc) is 1.62. The SMILES string of the molecule is C.CC(=O)Nc1cc(N=Nc2cc(OCCCS(=O)(=O)O)c(N=Nc3c(C)c(C#N)c4nc5ccccc5n4c3O)cc2C)c(SCCCS(=O)(=O)O)cc1N=Nc1cc(NC(C)=O)c(N=Nc2ccc(Cl)cc2S(=O)(=O)O)cc1SCCCS(=O)(=O)O.COC.O=S(=O)=O. The lowest BCUT2D eigenvalue weighted by atomic mass is 10.1. The van der Waals surface area contributed by atoms with Crippen molar-refractivity contribution in [2.45, 2.75) is 69.1 Å². The van der Waals surface area contributed by atoms with E-state index in [1.54, 1.807) is 52.3 Å². The van der Waals surface area contributed by atoms with Crippen LogP contribution in [-0.4, -0.2) is 140 Å². The van der Waals surface area contributed by atoms with Crippen molar-refractivity contribution in [3.05, 3.63) is 101 Å². The zero-order valence-corrected chi connectivity index (χ0v) is 56.4. The number of aromatic hydroxyl groups is 1. The Labute approximate surface area is 559 Å². The predicted octanol–water partition coefficient (Wildman–Crippen LogP) is 12.5. The number of halogens is 1. The first-order chi connectivity index (χ1) is 44.0. The van der Waals surface area contributed by atoms with Gasteiger partial charge in [0.05, 0.1) is 52.0 Å². The molecule has 7 aromatic rings. The number of ether oxygens (including phenoxy) is 2. The summed E-state index contributed by atoms with van der Waals surface area (Å²) in [6, 6.07) is 20.7. The van der Waals surface area contributed by atoms with Gasteiger partial charge in [0, 0.05) is 54.5 Å². The van der Waals surface area contributed by atoms with Gasteiger partial charge in [0.1, 0.15) is 56.4 Å². The Morgan fingerprint density at radius 2 is 1.12 bits per heavy atom. The maximum Gasteiger partial charge on any atom is 0.425 e. The minimum atomic E-state index is -4.87. The molecular weight excluding hydrogens is 1410 g/mol. The monoisotopic (exact) mass is 1470 g/mol. The molecule has 0 bridgehead atoms. The molecule has 0 aliphatic carbocycles. The molecule has 33 nitrogen and oxygen atoms in total. The molecule has 7 rings (SSSR count). The molecule has 0 saturated carbocycles. The van der Waals surface area contributed by atoms with E-state index in [0.29, 0.717) is 16.6 Å². The molecule has 0 radical (unpaired) electrons. The summed E-state index contributed by atoms with van der Waals surface area (Å²) < 4.78 is 169. The number of nitrogens with one attached hydrogen (secondary N) is 2. The van der Waals surface area contributed by atoms with E-state index in [4.69, 9.17) is 29.0 Å². The van der Waals surface area contributed by atoms with Gasteiger partial charge < -0.3 is 25.2 Å². The molecule has 0 fully saturated rings. The third kappa shape index (κ3) is 24.8. The van der Waals surface area contributed by atoms with E-state index in [0.717, 1.165) is 35.7 Å². The lowest BCUT2D eigenvalue weighted by molar-refractivity contribution is -0.115. The summed E-state index contributed by atoms with van der Waals surface area (Å²) in [5.41, 5.74) is 1.52. The maximum absolute atomic E-state index is 12.8. The van der Waals surface area contributed by atoms with Gasteiger partial charge in [-0.05, 0) is 111 Å². The number of para-hydroxylation sites is 2. The Morgan fingerprint density at radius 1 is 0.653 bits per heavy atom. The van der Waals surface area contributed by atoms with Crippen molar-refractivity contribution in [1.82, 2.24) is 9.38 Å². The minimum absolute atomic E-state index is 0. The highest BCUT2D eigenvalue weighted by molar-refractivity contribution is 7.99. The number of fused-ring (bicyclic) bond motifs is 3. The Morgan fingerprint density at radius 3 is 1.60 bits per heavy atom. The molecule has 510 valence electrons. The first-order valence-electron chi connectivity index (χ1n) is 26.5. The number of nitriles is 1. The molecule has 0 saturated heterocycles. The van der Waals surface area contributed by atoms with Crippen LogP contribution in [0, 0.1) is 25.2 Å². The van der Waals surface area contributed by atoms with E-state index in [1.807, 2.05) is 0 Å². The van der Waals surface area contributed by atoms with Gasteiger partial charge in [0.2, 0.25) is 17.7 Å². The first kappa shape index (κ1) is 79.1. The van der Waals surface area contributed by atoms with Gasteiger partial charge in [-0.3, -0.25) is 32.2 Å². The second-order valence-corrected chi connectivity index (χ2v) is 28.4. The molecule has 0 atom stereocenters. The topological polar surface area (TPSA) is 506 Å². The smallest absolute Gasteiger partial charge is 0.425 e. The van der Waals surface area contributed by atoms with Crippen molar-refractivity contribution in [3.8, 4) is 17.7 Å². The normalized spacial score (nSPS) is 11.9. The fraction of sp³-hybridized carbons (Fsp3) is 0.296. The number of aryl methyl sites for hydroxylation is 1. The summed E-state index contributed by atoms with van der Waals surface area (Å²) in [4.78, 5) is 29.7. The second kappa shape index (κ2) is 35.4. The number of carbonyl (C=O) groups is 2. The summed E-state index contributed by atoms with van der Waals surface area (Å²) in [6.45, 7) is 5.27. The Kier molecular flexibility index (Phi) is 29.5. The first-order valence-corrected chi connectivity index (χ1v) is 36.1. The van der Waals surface area contributed by atoms with Gasteiger partial charge in [-0.1, -0.05) is 31.2 Å². The van der Waals surface area contributed by atoms with Crippen LogP contribution in [0.2, 0.25) is 5.02 Å². The van der Waals surface area contributed by atoms with Crippen LogP contribution < -0.4 is 15.4 Å². The largest absolute Gasteiger partial charge is 0.493 e. The van der Waals surface area contributed by atoms with Crippen molar-refractivity contribution in [1.29, 1.82) is 5.26 Å². The van der Waals surface area contributed by atoms with Gasteiger partial charge in [0.25, 0.3) is 40.5 Å². The summed E-state index contributed by atoms with van der Waals surface area (Å²) in [5.74, 6) is -3.43. The lowest BCUT2D eigenvalue weighted by Crippen LogP contribution is -2.08. The number of nitrogens with zero attached hydrogens (tertiary/aromatic N) is 11. The van der Waals surface area contributed by atoms with Crippen LogP contribution in [0.1, 0.15) is 57.2 Å². The molecule has 0 spiro atoms. The molecule has 2 heterocycles. The fourth-order valence-electron chi connectivity index (χ4n) is 7.91. The number of amides is 2. The van der Waals surface area contributed by atoms with Crippen molar-refractivity contribution >= 4 is 172 Å². The number of aromatic nitrogens is 2. The molecule has 2 amide bonds. The van der Waals surface area contributed by atoms with Crippen LogP contribution in [0.25, 0.3) is 16.7 Å². The van der Waals surface area contributed by atoms with Gasteiger partial charge in [-0.15, -0.1) is 72.0 Å². The number of pyridine rings is 1. The number of hydrogen-bond donors (Lipinski definition) is 7. The standard InChI is InChI=1S/C51H50ClN13O16S6.C2H6O.CH4.O3S/c1-28-20-41(61-64-49-29(2)33(27-53)50-56-34-10-5-6-11-44(34)65(50)51(49)68)45(81-14-7-17-84(69,70)71)24-36(28)58-62-42-22-38(55-31(4)67)40(26-46(42)82-15-8-18-85(72,73)74)60-63-43-23-37(54-30(3)66)39(25-47(43)83-16-9-19-86(75,76)77)59-57-35-13-12-32(52)21-48(35)87(78,79)80;1-3-2;;1-4(2)3/h5-6,10-13,20-26,68H,7-9,14-19H2,1-4H3,(H,54,66)(H,55,67)(H,69,70,71)(H,72,73,74)(H,75,76,77)(H,78,79,80);1-2H3;1H4;. The zero-order valence-electron chi connectivity index (χ0n) is 49.9. The highest BCUT2D eigenvalue weighted by Crippen LogP contribution is 2.46. The Hall–Kier alpha value is -8.31. The molecular formula is C54H60ClN13O20S7. The third-order valence-electron chi connectivity index (χ3n) is 11.8. The zero-order chi connectivity index (χ0) is 69.9. The molecule has 7 N–H and O–H groups in total. The van der Waals surface area contributed by atoms with Gasteiger partial charge in [0.15, 0.2) is 11.3 Å². The Bertz CT molecular complexity index is 4800. The van der Waals surface area contributed by atoms with Gasteiger partial charge in [-0.2, -0.15) is 44.0 Å². The number of methoxy groups -OCH3 is 1. The quantitative estimate of drug-likeness (QED) is 0.0115. The van der Waals surface area contributed by atoms with Crippen molar-refractivity contribution < 1.29 is 88.7 Å². The number of azo groups is 4. The van der Waals surface area contributed by atoms with Gasteiger partial charge in [-0.25, -0.2) is 4.98 Å².